The molecule has 0 radical (unpaired) electrons. The summed E-state index contributed by atoms with van der Waals surface area (Å²) in [5, 5.41) is 0. The largest absolute Gasteiger partial charge is 0.461 e. The van der Waals surface area contributed by atoms with E-state index in [2.05, 4.69) is 4.74 Å². The Hall–Kier alpha value is -1.52. The molecule has 0 heterocycles. The minimum absolute atomic E-state index is 0.442. The molecule has 0 saturated heterocycles. The van der Waals surface area contributed by atoms with E-state index in [4.69, 9.17) is 0 Å². The molecule has 82 valence electrons. The van der Waals surface area contributed by atoms with Gasteiger partial charge in [-0.3, -0.25) is 0 Å². The molecule has 0 N–H and O–H groups in total. The van der Waals surface area contributed by atoms with E-state index >= 15 is 0 Å². The molecular weight excluding hydrogens is 212 g/mol. The van der Waals surface area contributed by atoms with Crippen LogP contribution in [0, 0.1) is 0 Å². The fourth-order valence-corrected chi connectivity index (χ4v) is 0.873. The second-order valence-electron chi connectivity index (χ2n) is 2.76. The van der Waals surface area contributed by atoms with Crippen LogP contribution in [0.15, 0.2) is 36.3 Å². The molecule has 5 heteroatoms. The number of alkyl halides is 3. The maximum absolute atomic E-state index is 12.8. The van der Waals surface area contributed by atoms with Crippen molar-refractivity contribution in [3.8, 4) is 0 Å². The van der Waals surface area contributed by atoms with E-state index < -0.39 is 18.8 Å². The Labute approximate surface area is 84.0 Å². The van der Waals surface area contributed by atoms with Gasteiger partial charge in [0, 0.05) is 6.08 Å². The van der Waals surface area contributed by atoms with Crippen LogP contribution in [-0.2, 0) is 4.74 Å². The highest BCUT2D eigenvalue weighted by Gasteiger charge is 2.28. The van der Waals surface area contributed by atoms with Crippen LogP contribution in [0.25, 0.3) is 6.08 Å². The minimum atomic E-state index is -4.53. The van der Waals surface area contributed by atoms with Crippen molar-refractivity contribution in [3.63, 3.8) is 0 Å². The van der Waals surface area contributed by atoms with Gasteiger partial charge in [-0.1, -0.05) is 30.3 Å². The summed E-state index contributed by atoms with van der Waals surface area (Å²) in [6, 6.07) is 6.85. The van der Waals surface area contributed by atoms with Crippen LogP contribution in [0.4, 0.5) is 17.6 Å². The number of rotatable bonds is 3. The molecule has 0 atom stereocenters. The van der Waals surface area contributed by atoms with Crippen LogP contribution in [0.5, 0.6) is 0 Å². The second kappa shape index (κ2) is 4.82. The van der Waals surface area contributed by atoms with Crippen molar-refractivity contribution in [1.82, 2.24) is 0 Å². The van der Waals surface area contributed by atoms with Gasteiger partial charge in [0.25, 0.3) is 6.01 Å². The first-order chi connectivity index (χ1) is 6.97. The Kier molecular flexibility index (Phi) is 3.71. The molecule has 1 nitrogen and oxygen atoms in total. The molecule has 0 bridgehead atoms. The molecule has 0 saturated carbocycles. The smallest absolute Gasteiger partial charge is 0.422 e. The lowest BCUT2D eigenvalue weighted by Gasteiger charge is -2.06. The summed E-state index contributed by atoms with van der Waals surface area (Å²) in [4.78, 5) is 0. The molecule has 1 aromatic carbocycles. The molecule has 15 heavy (non-hydrogen) atoms. The molecule has 1 aromatic rings. The Balaban J connectivity index is 2.54. The monoisotopic (exact) mass is 220 g/mol. The third-order valence-electron chi connectivity index (χ3n) is 1.45. The van der Waals surface area contributed by atoms with Gasteiger partial charge in [-0.2, -0.15) is 17.6 Å². The minimum Gasteiger partial charge on any atom is -0.461 e. The van der Waals surface area contributed by atoms with Crippen molar-refractivity contribution in [2.24, 2.45) is 0 Å². The molecule has 0 aliphatic rings. The standard InChI is InChI=1S/C10H8F4O/c11-9(15-7-10(12,13)14)6-8-4-2-1-3-5-8/h1-6H,7H2/b9-6-. The number of ether oxygens (including phenoxy) is 1. The van der Waals surface area contributed by atoms with Gasteiger partial charge in [0.1, 0.15) is 0 Å². The zero-order valence-corrected chi connectivity index (χ0v) is 7.59. The third kappa shape index (κ3) is 5.05. The Morgan fingerprint density at radius 3 is 2.33 bits per heavy atom. The van der Waals surface area contributed by atoms with Crippen LogP contribution >= 0.6 is 0 Å². The van der Waals surface area contributed by atoms with E-state index in [0.717, 1.165) is 6.08 Å². The SMILES string of the molecule is F/C(=C/c1ccccc1)OCC(F)(F)F. The first-order valence-electron chi connectivity index (χ1n) is 4.09. The average molecular weight is 220 g/mol. The maximum Gasteiger partial charge on any atom is 0.422 e. The normalized spacial score (nSPS) is 12.7. The molecule has 0 spiro atoms. The second-order valence-corrected chi connectivity index (χ2v) is 2.76. The van der Waals surface area contributed by atoms with Gasteiger partial charge < -0.3 is 4.74 Å². The highest BCUT2D eigenvalue weighted by Crippen LogP contribution is 2.17. The molecule has 0 unspecified atom stereocenters. The lowest BCUT2D eigenvalue weighted by Crippen LogP contribution is -2.15. The Morgan fingerprint density at radius 2 is 1.80 bits per heavy atom. The van der Waals surface area contributed by atoms with Crippen LogP contribution < -0.4 is 0 Å². The highest BCUT2D eigenvalue weighted by atomic mass is 19.4. The lowest BCUT2D eigenvalue weighted by molar-refractivity contribution is -0.169. The maximum atomic E-state index is 12.8. The number of hydrogen-bond donors (Lipinski definition) is 0. The van der Waals surface area contributed by atoms with Crippen LogP contribution in [0.3, 0.4) is 0 Å². The topological polar surface area (TPSA) is 9.23 Å². The summed E-state index contributed by atoms with van der Waals surface area (Å²) in [5.41, 5.74) is 0.442. The van der Waals surface area contributed by atoms with Crippen molar-refractivity contribution in [2.75, 3.05) is 6.61 Å². The lowest BCUT2D eigenvalue weighted by atomic mass is 10.2. The van der Waals surface area contributed by atoms with Crippen LogP contribution in [-0.4, -0.2) is 12.8 Å². The van der Waals surface area contributed by atoms with Crippen molar-refractivity contribution >= 4 is 6.08 Å². The quantitative estimate of drug-likeness (QED) is 0.559. The first-order valence-corrected chi connectivity index (χ1v) is 4.09. The highest BCUT2D eigenvalue weighted by molar-refractivity contribution is 5.49. The summed E-state index contributed by atoms with van der Waals surface area (Å²) >= 11 is 0. The van der Waals surface area contributed by atoms with E-state index in [1.165, 1.54) is 0 Å². The zero-order valence-electron chi connectivity index (χ0n) is 7.59. The summed E-state index contributed by atoms with van der Waals surface area (Å²) < 4.78 is 51.5. The molecule has 0 fully saturated rings. The number of halogens is 4. The van der Waals surface area contributed by atoms with Crippen LogP contribution in [0.1, 0.15) is 5.56 Å². The van der Waals surface area contributed by atoms with Crippen molar-refractivity contribution in [1.29, 1.82) is 0 Å². The van der Waals surface area contributed by atoms with E-state index in [9.17, 15) is 17.6 Å². The number of benzene rings is 1. The van der Waals surface area contributed by atoms with Crippen LogP contribution in [0.2, 0.25) is 0 Å². The van der Waals surface area contributed by atoms with Gasteiger partial charge in [-0.05, 0) is 5.56 Å². The summed E-state index contributed by atoms with van der Waals surface area (Å²) in [6.45, 7) is -1.62. The van der Waals surface area contributed by atoms with E-state index in [0.29, 0.717) is 5.56 Å². The first kappa shape index (κ1) is 11.6. The molecule has 1 rings (SSSR count). The van der Waals surface area contributed by atoms with Gasteiger partial charge in [0.2, 0.25) is 0 Å². The van der Waals surface area contributed by atoms with Gasteiger partial charge in [-0.15, -0.1) is 0 Å². The molecular formula is C10H8F4O. The fourth-order valence-electron chi connectivity index (χ4n) is 0.873. The van der Waals surface area contributed by atoms with Gasteiger partial charge in [0.05, 0.1) is 0 Å². The fraction of sp³-hybridized carbons (Fsp3) is 0.200. The van der Waals surface area contributed by atoms with Gasteiger partial charge in [0.15, 0.2) is 6.61 Å². The van der Waals surface area contributed by atoms with Gasteiger partial charge >= 0.3 is 6.18 Å². The van der Waals surface area contributed by atoms with Crippen molar-refractivity contribution < 1.29 is 22.3 Å². The van der Waals surface area contributed by atoms with Gasteiger partial charge in [-0.25, -0.2) is 0 Å². The Morgan fingerprint density at radius 1 is 1.20 bits per heavy atom. The molecule has 0 amide bonds. The molecule has 0 aromatic heterocycles. The van der Waals surface area contributed by atoms with Crippen molar-refractivity contribution in [2.45, 2.75) is 6.18 Å². The zero-order chi connectivity index (χ0) is 11.3. The summed E-state index contributed by atoms with van der Waals surface area (Å²) in [6.07, 6.45) is -3.63. The van der Waals surface area contributed by atoms with E-state index in [1.54, 1.807) is 30.3 Å². The molecule has 0 aliphatic heterocycles. The Bertz CT molecular complexity index is 329. The average Bonchev–Trinajstić information content (AvgIpc) is 2.15. The van der Waals surface area contributed by atoms with E-state index in [1.807, 2.05) is 0 Å². The molecule has 0 aliphatic carbocycles. The number of hydrogen-bond acceptors (Lipinski definition) is 1. The summed E-state index contributed by atoms with van der Waals surface area (Å²) in [7, 11) is 0. The predicted octanol–water partition coefficient (Wildman–Crippen LogP) is 3.53. The van der Waals surface area contributed by atoms with Crippen molar-refractivity contribution in [3.05, 3.63) is 41.9 Å². The summed E-state index contributed by atoms with van der Waals surface area (Å²) in [5.74, 6) is 0. The predicted molar refractivity (Wildman–Crippen MR) is 47.5 cm³/mol. The van der Waals surface area contributed by atoms with E-state index in [-0.39, 0.29) is 0 Å². The third-order valence-corrected chi connectivity index (χ3v) is 1.45.